The smallest absolute Gasteiger partial charge is 0.238 e. The van der Waals surface area contributed by atoms with Crippen LogP contribution in [-0.2, 0) is 11.3 Å². The van der Waals surface area contributed by atoms with Gasteiger partial charge in [-0.15, -0.1) is 0 Å². The number of carbonyl (C=O) groups is 1. The predicted octanol–water partition coefficient (Wildman–Crippen LogP) is 3.31. The second-order valence-electron chi connectivity index (χ2n) is 5.75. The number of likely N-dealkylation sites (N-methyl/N-ethyl adjacent to an activating group) is 1. The Balaban J connectivity index is 2.18. The zero-order valence-corrected chi connectivity index (χ0v) is 13.3. The van der Waals surface area contributed by atoms with E-state index in [4.69, 9.17) is 0 Å². The number of aromatic nitrogens is 1. The second-order valence-corrected chi connectivity index (χ2v) is 5.75. The molecule has 0 unspecified atom stereocenters. The van der Waals surface area contributed by atoms with E-state index in [2.05, 4.69) is 41.1 Å². The molecule has 0 bridgehead atoms. The average molecular weight is 295 g/mol. The molecule has 22 heavy (non-hydrogen) atoms. The molecule has 1 N–H and O–H groups in total. The number of amides is 1. The van der Waals surface area contributed by atoms with E-state index in [1.54, 1.807) is 0 Å². The number of rotatable bonds is 4. The molecule has 1 heterocycles. The van der Waals surface area contributed by atoms with Crippen LogP contribution in [0, 0.1) is 0 Å². The van der Waals surface area contributed by atoms with Crippen molar-refractivity contribution in [3.63, 3.8) is 0 Å². The maximum absolute atomic E-state index is 12.1. The minimum Gasteiger partial charge on any atom is -0.341 e. The third-order valence-electron chi connectivity index (χ3n) is 3.85. The number of carbonyl (C=O) groups excluding carboxylic acids is 1. The molecule has 4 nitrogen and oxygen atoms in total. The van der Waals surface area contributed by atoms with Crippen molar-refractivity contribution in [2.45, 2.75) is 13.5 Å². The van der Waals surface area contributed by atoms with Crippen LogP contribution in [0.4, 0.5) is 5.69 Å². The van der Waals surface area contributed by atoms with Crippen LogP contribution in [0.1, 0.15) is 6.92 Å². The first kappa shape index (κ1) is 14.6. The number of anilines is 1. The summed E-state index contributed by atoms with van der Waals surface area (Å²) in [7, 11) is 3.78. The summed E-state index contributed by atoms with van der Waals surface area (Å²) in [5, 5.41) is 5.35. The highest BCUT2D eigenvalue weighted by molar-refractivity contribution is 6.16. The van der Waals surface area contributed by atoms with Crippen molar-refractivity contribution in [2.75, 3.05) is 26.0 Å². The van der Waals surface area contributed by atoms with Crippen LogP contribution in [-0.4, -0.2) is 36.0 Å². The van der Waals surface area contributed by atoms with Crippen LogP contribution < -0.4 is 5.32 Å². The van der Waals surface area contributed by atoms with Gasteiger partial charge in [0.1, 0.15) is 0 Å². The summed E-state index contributed by atoms with van der Waals surface area (Å²) in [6, 6.07) is 14.4. The SMILES string of the molecule is CCn1c2ccccc2c2c(NC(=O)CN(C)C)cccc21. The number of benzene rings is 2. The van der Waals surface area contributed by atoms with Gasteiger partial charge in [-0.25, -0.2) is 0 Å². The fourth-order valence-electron chi connectivity index (χ4n) is 3.02. The molecule has 0 aliphatic carbocycles. The maximum Gasteiger partial charge on any atom is 0.238 e. The highest BCUT2D eigenvalue weighted by Gasteiger charge is 2.14. The van der Waals surface area contributed by atoms with Gasteiger partial charge in [-0.05, 0) is 39.2 Å². The fourth-order valence-corrected chi connectivity index (χ4v) is 3.02. The highest BCUT2D eigenvalue weighted by Crippen LogP contribution is 2.34. The summed E-state index contributed by atoms with van der Waals surface area (Å²) in [5.41, 5.74) is 3.24. The maximum atomic E-state index is 12.1. The van der Waals surface area contributed by atoms with Crippen molar-refractivity contribution >= 4 is 33.4 Å². The van der Waals surface area contributed by atoms with Gasteiger partial charge in [0.25, 0.3) is 0 Å². The zero-order chi connectivity index (χ0) is 15.7. The minimum atomic E-state index is 0.00540. The van der Waals surface area contributed by atoms with Gasteiger partial charge in [-0.2, -0.15) is 0 Å². The zero-order valence-electron chi connectivity index (χ0n) is 13.3. The third-order valence-corrected chi connectivity index (χ3v) is 3.85. The van der Waals surface area contributed by atoms with E-state index >= 15 is 0 Å². The van der Waals surface area contributed by atoms with Gasteiger partial charge in [0, 0.05) is 22.8 Å². The number of nitrogens with one attached hydrogen (secondary N) is 1. The summed E-state index contributed by atoms with van der Waals surface area (Å²) in [6.07, 6.45) is 0. The Bertz CT molecular complexity index is 833. The molecule has 0 saturated carbocycles. The number of para-hydroxylation sites is 1. The Morgan fingerprint density at radius 3 is 2.55 bits per heavy atom. The number of aryl methyl sites for hydroxylation is 1. The Morgan fingerprint density at radius 1 is 1.09 bits per heavy atom. The van der Waals surface area contributed by atoms with Crippen molar-refractivity contribution in [3.8, 4) is 0 Å². The van der Waals surface area contributed by atoms with E-state index in [0.29, 0.717) is 6.54 Å². The van der Waals surface area contributed by atoms with Crippen LogP contribution >= 0.6 is 0 Å². The average Bonchev–Trinajstić information content (AvgIpc) is 2.81. The molecule has 4 heteroatoms. The van der Waals surface area contributed by atoms with Crippen molar-refractivity contribution in [2.24, 2.45) is 0 Å². The van der Waals surface area contributed by atoms with E-state index in [0.717, 1.165) is 23.1 Å². The summed E-state index contributed by atoms with van der Waals surface area (Å²) in [6.45, 7) is 3.42. The third kappa shape index (κ3) is 2.46. The van der Waals surface area contributed by atoms with Gasteiger partial charge >= 0.3 is 0 Å². The largest absolute Gasteiger partial charge is 0.341 e. The molecule has 1 amide bonds. The molecule has 0 fully saturated rings. The number of hydrogen-bond donors (Lipinski definition) is 1. The normalized spacial score (nSPS) is 11.5. The molecule has 3 rings (SSSR count). The van der Waals surface area contributed by atoms with Gasteiger partial charge in [-0.1, -0.05) is 24.3 Å². The lowest BCUT2D eigenvalue weighted by Gasteiger charge is -2.11. The van der Waals surface area contributed by atoms with Crippen LogP contribution in [0.5, 0.6) is 0 Å². The van der Waals surface area contributed by atoms with Crippen molar-refractivity contribution in [3.05, 3.63) is 42.5 Å². The van der Waals surface area contributed by atoms with Gasteiger partial charge in [0.15, 0.2) is 0 Å². The second kappa shape index (κ2) is 5.81. The van der Waals surface area contributed by atoms with E-state index in [1.807, 2.05) is 37.2 Å². The number of nitrogens with zero attached hydrogens (tertiary/aromatic N) is 2. The molecule has 0 aliphatic heterocycles. The molecule has 2 aromatic carbocycles. The lowest BCUT2D eigenvalue weighted by molar-refractivity contribution is -0.116. The van der Waals surface area contributed by atoms with E-state index < -0.39 is 0 Å². The lowest BCUT2D eigenvalue weighted by Crippen LogP contribution is -2.27. The van der Waals surface area contributed by atoms with E-state index in [9.17, 15) is 4.79 Å². The van der Waals surface area contributed by atoms with Gasteiger partial charge in [0.05, 0.1) is 17.7 Å². The monoisotopic (exact) mass is 295 g/mol. The quantitative estimate of drug-likeness (QED) is 0.802. The molecule has 0 spiro atoms. The Morgan fingerprint density at radius 2 is 1.82 bits per heavy atom. The molecule has 0 atom stereocenters. The number of hydrogen-bond acceptors (Lipinski definition) is 2. The van der Waals surface area contributed by atoms with Crippen molar-refractivity contribution in [1.82, 2.24) is 9.47 Å². The van der Waals surface area contributed by atoms with Crippen LogP contribution in [0.2, 0.25) is 0 Å². The van der Waals surface area contributed by atoms with Crippen molar-refractivity contribution < 1.29 is 4.79 Å². The first-order valence-corrected chi connectivity index (χ1v) is 7.56. The molecule has 0 radical (unpaired) electrons. The molecule has 0 saturated heterocycles. The molecule has 3 aromatic rings. The molecule has 0 aliphatic rings. The predicted molar refractivity (Wildman–Crippen MR) is 92.3 cm³/mol. The standard InChI is InChI=1S/C18H21N3O/c1-4-21-15-10-6-5-8-13(15)18-14(9-7-11-16(18)21)19-17(22)12-20(2)3/h5-11H,4,12H2,1-3H3,(H,19,22). The van der Waals surface area contributed by atoms with Crippen LogP contribution in [0.25, 0.3) is 21.8 Å². The Hall–Kier alpha value is -2.33. The van der Waals surface area contributed by atoms with E-state index in [1.165, 1.54) is 10.9 Å². The lowest BCUT2D eigenvalue weighted by atomic mass is 10.1. The summed E-state index contributed by atoms with van der Waals surface area (Å²) in [4.78, 5) is 14.0. The Kier molecular flexibility index (Phi) is 3.86. The van der Waals surface area contributed by atoms with Gasteiger partial charge in [-0.3, -0.25) is 4.79 Å². The van der Waals surface area contributed by atoms with Crippen molar-refractivity contribution in [1.29, 1.82) is 0 Å². The topological polar surface area (TPSA) is 37.3 Å². The minimum absolute atomic E-state index is 0.00540. The van der Waals surface area contributed by atoms with Crippen LogP contribution in [0.15, 0.2) is 42.5 Å². The summed E-state index contributed by atoms with van der Waals surface area (Å²) in [5.74, 6) is 0.00540. The number of fused-ring (bicyclic) bond motifs is 3. The van der Waals surface area contributed by atoms with Gasteiger partial charge < -0.3 is 14.8 Å². The summed E-state index contributed by atoms with van der Waals surface area (Å²) < 4.78 is 2.28. The summed E-state index contributed by atoms with van der Waals surface area (Å²) >= 11 is 0. The van der Waals surface area contributed by atoms with E-state index in [-0.39, 0.29) is 5.91 Å². The first-order valence-electron chi connectivity index (χ1n) is 7.56. The van der Waals surface area contributed by atoms with Crippen LogP contribution in [0.3, 0.4) is 0 Å². The van der Waals surface area contributed by atoms with Gasteiger partial charge in [0.2, 0.25) is 5.91 Å². The first-order chi connectivity index (χ1) is 10.6. The fraction of sp³-hybridized carbons (Fsp3) is 0.278. The molecule has 1 aromatic heterocycles. The molecular weight excluding hydrogens is 274 g/mol. The highest BCUT2D eigenvalue weighted by atomic mass is 16.2. The molecule has 114 valence electrons. The Labute approximate surface area is 130 Å². The molecular formula is C18H21N3O.